The summed E-state index contributed by atoms with van der Waals surface area (Å²) in [4.78, 5) is 23.7. The van der Waals surface area contributed by atoms with Crippen LogP contribution in [0.2, 0.25) is 0 Å². The number of aryl methyl sites for hydroxylation is 1. The Morgan fingerprint density at radius 2 is 1.65 bits per heavy atom. The SMILES string of the molecule is Cc1ccc(NC(=O)C[C@@H](C(=O)O)[C@@H](C)c2ccccc2)cc1. The molecule has 0 fully saturated rings. The second-order valence-corrected chi connectivity index (χ2v) is 5.76. The lowest BCUT2D eigenvalue weighted by atomic mass is 9.85. The molecule has 0 aliphatic rings. The Kier molecular flexibility index (Phi) is 5.52. The summed E-state index contributed by atoms with van der Waals surface area (Å²) in [7, 11) is 0. The molecule has 0 unspecified atom stereocenters. The molecule has 120 valence electrons. The third kappa shape index (κ3) is 4.68. The van der Waals surface area contributed by atoms with E-state index in [0.717, 1.165) is 11.1 Å². The number of carbonyl (C=O) groups excluding carboxylic acids is 1. The highest BCUT2D eigenvalue weighted by molar-refractivity contribution is 5.93. The topological polar surface area (TPSA) is 66.4 Å². The van der Waals surface area contributed by atoms with Crippen molar-refractivity contribution in [1.82, 2.24) is 0 Å². The fraction of sp³-hybridized carbons (Fsp3) is 0.263. The molecule has 2 aromatic carbocycles. The third-order valence-electron chi connectivity index (χ3n) is 3.99. The van der Waals surface area contributed by atoms with Crippen molar-refractivity contribution in [3.05, 3.63) is 65.7 Å². The predicted octanol–water partition coefficient (Wildman–Crippen LogP) is 3.83. The maximum atomic E-state index is 12.2. The molecule has 0 aromatic heterocycles. The number of anilines is 1. The van der Waals surface area contributed by atoms with E-state index in [0.29, 0.717) is 5.69 Å². The standard InChI is InChI=1S/C19H21NO3/c1-13-8-10-16(11-9-13)20-18(21)12-17(19(22)23)14(2)15-6-4-3-5-7-15/h3-11,14,17H,12H2,1-2H3,(H,20,21)(H,22,23)/t14-,17+/m0/s1. The molecule has 0 saturated carbocycles. The van der Waals surface area contributed by atoms with Gasteiger partial charge in [-0.1, -0.05) is 55.0 Å². The maximum absolute atomic E-state index is 12.2. The first-order valence-corrected chi connectivity index (χ1v) is 7.61. The number of hydrogen-bond acceptors (Lipinski definition) is 2. The molecule has 4 nitrogen and oxygen atoms in total. The van der Waals surface area contributed by atoms with Gasteiger partial charge >= 0.3 is 5.97 Å². The van der Waals surface area contributed by atoms with Crippen molar-refractivity contribution >= 4 is 17.6 Å². The molecule has 0 heterocycles. The second-order valence-electron chi connectivity index (χ2n) is 5.76. The Bertz CT molecular complexity index is 665. The summed E-state index contributed by atoms with van der Waals surface area (Å²) in [6.45, 7) is 3.81. The first kappa shape index (κ1) is 16.7. The van der Waals surface area contributed by atoms with Gasteiger partial charge in [0.25, 0.3) is 0 Å². The minimum atomic E-state index is -0.958. The number of aliphatic carboxylic acids is 1. The largest absolute Gasteiger partial charge is 0.481 e. The van der Waals surface area contributed by atoms with Crippen molar-refractivity contribution in [1.29, 1.82) is 0 Å². The van der Waals surface area contributed by atoms with Gasteiger partial charge in [-0.3, -0.25) is 9.59 Å². The predicted molar refractivity (Wildman–Crippen MR) is 90.4 cm³/mol. The summed E-state index contributed by atoms with van der Waals surface area (Å²) in [6, 6.07) is 16.8. The number of benzene rings is 2. The van der Waals surface area contributed by atoms with Gasteiger partial charge in [-0.2, -0.15) is 0 Å². The number of amides is 1. The van der Waals surface area contributed by atoms with Crippen LogP contribution >= 0.6 is 0 Å². The van der Waals surface area contributed by atoms with E-state index in [4.69, 9.17) is 0 Å². The van der Waals surface area contributed by atoms with Crippen LogP contribution in [0.4, 0.5) is 5.69 Å². The minimum Gasteiger partial charge on any atom is -0.481 e. The van der Waals surface area contributed by atoms with E-state index in [1.807, 2.05) is 68.4 Å². The first-order valence-electron chi connectivity index (χ1n) is 7.61. The Hall–Kier alpha value is -2.62. The summed E-state index contributed by atoms with van der Waals surface area (Å²) >= 11 is 0. The van der Waals surface area contributed by atoms with E-state index in [1.165, 1.54) is 0 Å². The van der Waals surface area contributed by atoms with Gasteiger partial charge in [0.2, 0.25) is 5.91 Å². The van der Waals surface area contributed by atoms with Crippen LogP contribution in [-0.4, -0.2) is 17.0 Å². The highest BCUT2D eigenvalue weighted by Gasteiger charge is 2.28. The summed E-state index contributed by atoms with van der Waals surface area (Å²) in [5.41, 5.74) is 2.70. The summed E-state index contributed by atoms with van der Waals surface area (Å²) in [5, 5.41) is 12.2. The van der Waals surface area contributed by atoms with Gasteiger partial charge in [-0.15, -0.1) is 0 Å². The zero-order valence-corrected chi connectivity index (χ0v) is 13.3. The van der Waals surface area contributed by atoms with Crippen LogP contribution < -0.4 is 5.32 Å². The maximum Gasteiger partial charge on any atom is 0.307 e. The van der Waals surface area contributed by atoms with Crippen molar-refractivity contribution in [2.45, 2.75) is 26.2 Å². The summed E-state index contributed by atoms with van der Waals surface area (Å²) in [6.07, 6.45) is -0.0563. The molecule has 0 bridgehead atoms. The minimum absolute atomic E-state index is 0.0563. The molecule has 2 rings (SSSR count). The first-order chi connectivity index (χ1) is 11.0. The summed E-state index contributed by atoms with van der Waals surface area (Å²) in [5.74, 6) is -2.25. The number of hydrogen-bond donors (Lipinski definition) is 2. The second kappa shape index (κ2) is 7.58. The van der Waals surface area contributed by atoms with Crippen LogP contribution in [0.1, 0.15) is 30.4 Å². The smallest absolute Gasteiger partial charge is 0.307 e. The van der Waals surface area contributed by atoms with E-state index >= 15 is 0 Å². The Balaban J connectivity index is 2.05. The van der Waals surface area contributed by atoms with Gasteiger partial charge in [0.15, 0.2) is 0 Å². The monoisotopic (exact) mass is 311 g/mol. The molecule has 1 amide bonds. The molecule has 0 radical (unpaired) electrons. The van der Waals surface area contributed by atoms with E-state index in [-0.39, 0.29) is 18.2 Å². The normalized spacial score (nSPS) is 13.1. The van der Waals surface area contributed by atoms with E-state index in [2.05, 4.69) is 5.32 Å². The molecular formula is C19H21NO3. The van der Waals surface area contributed by atoms with Crippen LogP contribution in [0.5, 0.6) is 0 Å². The quantitative estimate of drug-likeness (QED) is 0.852. The highest BCUT2D eigenvalue weighted by atomic mass is 16.4. The van der Waals surface area contributed by atoms with Crippen molar-refractivity contribution < 1.29 is 14.7 Å². The van der Waals surface area contributed by atoms with E-state index in [1.54, 1.807) is 0 Å². The van der Waals surface area contributed by atoms with Crippen molar-refractivity contribution in [2.75, 3.05) is 5.32 Å². The number of carboxylic acids is 1. The molecule has 23 heavy (non-hydrogen) atoms. The van der Waals surface area contributed by atoms with Crippen LogP contribution in [0.15, 0.2) is 54.6 Å². The Morgan fingerprint density at radius 3 is 2.22 bits per heavy atom. The van der Waals surface area contributed by atoms with Crippen molar-refractivity contribution in [3.8, 4) is 0 Å². The average Bonchev–Trinajstić information content (AvgIpc) is 2.55. The van der Waals surface area contributed by atoms with Gasteiger partial charge in [0.1, 0.15) is 0 Å². The van der Waals surface area contributed by atoms with Gasteiger partial charge in [-0.25, -0.2) is 0 Å². The fourth-order valence-electron chi connectivity index (χ4n) is 2.52. The summed E-state index contributed by atoms with van der Waals surface area (Å²) < 4.78 is 0. The molecular weight excluding hydrogens is 290 g/mol. The number of carbonyl (C=O) groups is 2. The van der Waals surface area contributed by atoms with Gasteiger partial charge in [0, 0.05) is 12.1 Å². The lowest BCUT2D eigenvalue weighted by molar-refractivity contribution is -0.144. The Labute approximate surface area is 136 Å². The molecule has 2 N–H and O–H groups in total. The molecule has 2 aromatic rings. The average molecular weight is 311 g/mol. The molecule has 4 heteroatoms. The zero-order chi connectivity index (χ0) is 16.8. The number of carboxylic acid groups (broad SMARTS) is 1. The van der Waals surface area contributed by atoms with Gasteiger partial charge in [0.05, 0.1) is 5.92 Å². The zero-order valence-electron chi connectivity index (χ0n) is 13.3. The molecule has 2 atom stereocenters. The molecule has 0 aliphatic heterocycles. The van der Waals surface area contributed by atoms with E-state index in [9.17, 15) is 14.7 Å². The van der Waals surface area contributed by atoms with Crippen molar-refractivity contribution in [3.63, 3.8) is 0 Å². The van der Waals surface area contributed by atoms with Gasteiger partial charge < -0.3 is 10.4 Å². The van der Waals surface area contributed by atoms with Crippen molar-refractivity contribution in [2.24, 2.45) is 5.92 Å². The Morgan fingerprint density at radius 1 is 1.04 bits per heavy atom. The lowest BCUT2D eigenvalue weighted by Gasteiger charge is -2.20. The molecule has 0 aliphatic carbocycles. The molecule has 0 spiro atoms. The fourth-order valence-corrected chi connectivity index (χ4v) is 2.52. The number of rotatable bonds is 6. The van der Waals surface area contributed by atoms with Crippen LogP contribution in [0, 0.1) is 12.8 Å². The molecule has 0 saturated heterocycles. The van der Waals surface area contributed by atoms with Crippen LogP contribution in [-0.2, 0) is 9.59 Å². The lowest BCUT2D eigenvalue weighted by Crippen LogP contribution is -2.26. The number of nitrogens with one attached hydrogen (secondary N) is 1. The van der Waals surface area contributed by atoms with Crippen LogP contribution in [0.25, 0.3) is 0 Å². The third-order valence-corrected chi connectivity index (χ3v) is 3.99. The van der Waals surface area contributed by atoms with E-state index < -0.39 is 11.9 Å². The van der Waals surface area contributed by atoms with Gasteiger partial charge in [-0.05, 0) is 30.5 Å². The van der Waals surface area contributed by atoms with Crippen LogP contribution in [0.3, 0.4) is 0 Å². The highest BCUT2D eigenvalue weighted by Crippen LogP contribution is 2.27.